The van der Waals surface area contributed by atoms with Gasteiger partial charge in [0, 0.05) is 23.0 Å². The Morgan fingerprint density at radius 2 is 2.06 bits per heavy atom. The lowest BCUT2D eigenvalue weighted by atomic mass is 10.0. The second-order valence-electron chi connectivity index (χ2n) is 3.62. The summed E-state index contributed by atoms with van der Waals surface area (Å²) in [5, 5.41) is 0. The molecule has 0 radical (unpaired) electrons. The van der Waals surface area contributed by atoms with E-state index in [-0.39, 0.29) is 11.1 Å². The van der Waals surface area contributed by atoms with Crippen molar-refractivity contribution in [3.05, 3.63) is 52.2 Å². The molecule has 0 atom stereocenters. The third kappa shape index (κ3) is 1.82. The van der Waals surface area contributed by atoms with Crippen molar-refractivity contribution in [2.45, 2.75) is 6.92 Å². The number of halogens is 1. The molecular formula is C12H11FN2O. The summed E-state index contributed by atoms with van der Waals surface area (Å²) in [6.07, 6.45) is 0. The second kappa shape index (κ2) is 3.81. The molecular weight excluding hydrogens is 207 g/mol. The molecule has 0 amide bonds. The van der Waals surface area contributed by atoms with Crippen LogP contribution in [0.5, 0.6) is 0 Å². The van der Waals surface area contributed by atoms with E-state index in [1.165, 1.54) is 18.2 Å². The lowest BCUT2D eigenvalue weighted by molar-refractivity contribution is 0.632. The normalized spacial score (nSPS) is 10.4. The summed E-state index contributed by atoms with van der Waals surface area (Å²) in [6, 6.07) is 7.49. The lowest BCUT2D eigenvalue weighted by Crippen LogP contribution is -2.06. The van der Waals surface area contributed by atoms with Gasteiger partial charge in [-0.2, -0.15) is 0 Å². The maximum atomic E-state index is 13.6. The molecule has 1 heterocycles. The summed E-state index contributed by atoms with van der Waals surface area (Å²) in [7, 11) is 0. The minimum absolute atomic E-state index is 0.266. The van der Waals surface area contributed by atoms with Crippen molar-refractivity contribution >= 4 is 5.69 Å². The predicted octanol–water partition coefficient (Wildman–Crippen LogP) is 2.07. The van der Waals surface area contributed by atoms with E-state index in [9.17, 15) is 9.18 Å². The first-order valence-electron chi connectivity index (χ1n) is 4.83. The van der Waals surface area contributed by atoms with Gasteiger partial charge < -0.3 is 10.7 Å². The lowest BCUT2D eigenvalue weighted by Gasteiger charge is -2.07. The number of hydrogen-bond donors (Lipinski definition) is 2. The zero-order valence-electron chi connectivity index (χ0n) is 8.75. The number of H-pyrrole nitrogens is 1. The zero-order valence-corrected chi connectivity index (χ0v) is 8.75. The number of aryl methyl sites for hydroxylation is 1. The van der Waals surface area contributed by atoms with Crippen LogP contribution in [-0.4, -0.2) is 4.98 Å². The van der Waals surface area contributed by atoms with E-state index >= 15 is 0 Å². The molecule has 4 heteroatoms. The Bertz CT molecular complexity index is 570. The number of nitrogen functional groups attached to an aromatic ring is 1. The highest BCUT2D eigenvalue weighted by Gasteiger charge is 2.09. The Kier molecular flexibility index (Phi) is 2.48. The van der Waals surface area contributed by atoms with Gasteiger partial charge in [-0.1, -0.05) is 6.07 Å². The number of hydrogen-bond acceptors (Lipinski definition) is 2. The van der Waals surface area contributed by atoms with Crippen molar-refractivity contribution in [1.82, 2.24) is 4.98 Å². The molecule has 0 saturated carbocycles. The van der Waals surface area contributed by atoms with Gasteiger partial charge >= 0.3 is 0 Å². The first-order chi connectivity index (χ1) is 7.58. The number of nitrogens with two attached hydrogens (primary N) is 1. The summed E-state index contributed by atoms with van der Waals surface area (Å²) in [4.78, 5) is 13.9. The number of pyridine rings is 1. The average Bonchev–Trinajstić information content (AvgIpc) is 2.15. The summed E-state index contributed by atoms with van der Waals surface area (Å²) < 4.78 is 13.6. The van der Waals surface area contributed by atoms with Gasteiger partial charge in [0.1, 0.15) is 5.82 Å². The molecule has 82 valence electrons. The molecule has 0 saturated heterocycles. The van der Waals surface area contributed by atoms with Gasteiger partial charge in [0.25, 0.3) is 0 Å². The smallest absolute Gasteiger partial charge is 0.248 e. The largest absolute Gasteiger partial charge is 0.398 e. The van der Waals surface area contributed by atoms with Gasteiger partial charge in [0.05, 0.1) is 0 Å². The number of nitrogens with one attached hydrogen (secondary N) is 1. The summed E-state index contributed by atoms with van der Waals surface area (Å²) in [6.45, 7) is 1.74. The molecule has 2 rings (SSSR count). The Labute approximate surface area is 91.7 Å². The SMILES string of the molecule is Cc1cc(-c2c(N)cccc2F)cc(=O)[nH]1. The fraction of sp³-hybridized carbons (Fsp3) is 0.0833. The Morgan fingerprint density at radius 1 is 1.31 bits per heavy atom. The quantitative estimate of drug-likeness (QED) is 0.720. The highest BCUT2D eigenvalue weighted by molar-refractivity contribution is 5.76. The van der Waals surface area contributed by atoms with Crippen LogP contribution in [0.3, 0.4) is 0 Å². The maximum Gasteiger partial charge on any atom is 0.248 e. The van der Waals surface area contributed by atoms with Gasteiger partial charge in [-0.25, -0.2) is 4.39 Å². The van der Waals surface area contributed by atoms with Crippen molar-refractivity contribution in [3.8, 4) is 11.1 Å². The molecule has 0 unspecified atom stereocenters. The van der Waals surface area contributed by atoms with E-state index in [1.54, 1.807) is 19.1 Å². The molecule has 0 aliphatic rings. The number of rotatable bonds is 1. The van der Waals surface area contributed by atoms with E-state index in [2.05, 4.69) is 4.98 Å². The number of anilines is 1. The first-order valence-corrected chi connectivity index (χ1v) is 4.83. The second-order valence-corrected chi connectivity index (χ2v) is 3.62. The van der Waals surface area contributed by atoms with E-state index in [0.29, 0.717) is 16.9 Å². The topological polar surface area (TPSA) is 58.9 Å². The van der Waals surface area contributed by atoms with Crippen molar-refractivity contribution < 1.29 is 4.39 Å². The van der Waals surface area contributed by atoms with Crippen molar-refractivity contribution in [2.75, 3.05) is 5.73 Å². The van der Waals surface area contributed by atoms with E-state index in [0.717, 1.165) is 0 Å². The predicted molar refractivity (Wildman–Crippen MR) is 61.6 cm³/mol. The van der Waals surface area contributed by atoms with E-state index in [4.69, 9.17) is 5.73 Å². The molecule has 1 aromatic heterocycles. The number of aromatic amines is 1. The molecule has 16 heavy (non-hydrogen) atoms. The minimum Gasteiger partial charge on any atom is -0.398 e. The van der Waals surface area contributed by atoms with Crippen LogP contribution < -0.4 is 11.3 Å². The average molecular weight is 218 g/mol. The van der Waals surface area contributed by atoms with Gasteiger partial charge in [0.2, 0.25) is 5.56 Å². The highest BCUT2D eigenvalue weighted by Crippen LogP contribution is 2.27. The van der Waals surface area contributed by atoms with Gasteiger partial charge in [0.15, 0.2) is 0 Å². The molecule has 0 bridgehead atoms. The molecule has 0 aliphatic carbocycles. The van der Waals surface area contributed by atoms with Crippen LogP contribution in [0.2, 0.25) is 0 Å². The van der Waals surface area contributed by atoms with Gasteiger partial charge in [-0.15, -0.1) is 0 Å². The Morgan fingerprint density at radius 3 is 2.69 bits per heavy atom. The molecule has 0 aliphatic heterocycles. The van der Waals surface area contributed by atoms with Crippen LogP contribution in [0.4, 0.5) is 10.1 Å². The van der Waals surface area contributed by atoms with Crippen LogP contribution in [-0.2, 0) is 0 Å². The van der Waals surface area contributed by atoms with Crippen LogP contribution in [0.25, 0.3) is 11.1 Å². The van der Waals surface area contributed by atoms with Gasteiger partial charge in [-0.05, 0) is 30.7 Å². The third-order valence-corrected chi connectivity index (χ3v) is 2.31. The fourth-order valence-corrected chi connectivity index (χ4v) is 1.67. The molecule has 0 spiro atoms. The highest BCUT2D eigenvalue weighted by atomic mass is 19.1. The van der Waals surface area contributed by atoms with E-state index < -0.39 is 5.82 Å². The van der Waals surface area contributed by atoms with Crippen LogP contribution >= 0.6 is 0 Å². The van der Waals surface area contributed by atoms with Crippen LogP contribution in [0, 0.1) is 12.7 Å². The standard InChI is InChI=1S/C12H11FN2O/c1-7-5-8(6-11(16)15-7)12-9(13)3-2-4-10(12)14/h2-6H,14H2,1H3,(H,15,16). The first kappa shape index (κ1) is 10.4. The minimum atomic E-state index is -0.426. The molecule has 0 fully saturated rings. The van der Waals surface area contributed by atoms with Crippen LogP contribution in [0.15, 0.2) is 35.1 Å². The number of benzene rings is 1. The van der Waals surface area contributed by atoms with Crippen molar-refractivity contribution in [3.63, 3.8) is 0 Å². The Balaban J connectivity index is 2.72. The summed E-state index contributed by atoms with van der Waals surface area (Å²) in [5.41, 5.74) is 7.20. The maximum absolute atomic E-state index is 13.6. The summed E-state index contributed by atoms with van der Waals surface area (Å²) in [5.74, 6) is -0.426. The van der Waals surface area contributed by atoms with Crippen molar-refractivity contribution in [2.24, 2.45) is 0 Å². The molecule has 3 nitrogen and oxygen atoms in total. The van der Waals surface area contributed by atoms with E-state index in [1.807, 2.05) is 0 Å². The van der Waals surface area contributed by atoms with Crippen LogP contribution in [0.1, 0.15) is 5.69 Å². The number of aromatic nitrogens is 1. The molecule has 3 N–H and O–H groups in total. The third-order valence-electron chi connectivity index (χ3n) is 2.31. The van der Waals surface area contributed by atoms with Crippen molar-refractivity contribution in [1.29, 1.82) is 0 Å². The fourth-order valence-electron chi connectivity index (χ4n) is 1.67. The summed E-state index contributed by atoms with van der Waals surface area (Å²) >= 11 is 0. The Hall–Kier alpha value is -2.10. The molecule has 1 aromatic carbocycles. The van der Waals surface area contributed by atoms with Gasteiger partial charge in [-0.3, -0.25) is 4.79 Å². The molecule has 2 aromatic rings. The monoisotopic (exact) mass is 218 g/mol. The zero-order chi connectivity index (χ0) is 11.7.